The third-order valence-electron chi connectivity index (χ3n) is 8.47. The first-order valence-electron chi connectivity index (χ1n) is 14.4. The molecule has 1 unspecified atom stereocenters. The van der Waals surface area contributed by atoms with E-state index < -0.39 is 0 Å². The molecule has 6 rings (SSSR count). The summed E-state index contributed by atoms with van der Waals surface area (Å²) in [6.45, 7) is 3.88. The molecule has 4 heterocycles. The standard InChI is InChI=1S/C31H35ClN6O3/c1-20-26(15-22(32)16-33-20)30(40)35-23-10-8-21(9-11-23)18-37-27-6-2-3-7-28(27)38(31(37)41)24-12-13-29(34-17-24)36-14-4-5-25(39)19-36/h2-3,6-7,12-13,15-17,21,23,25,39H,4-5,8-11,14,18-19H2,1H3,(H,35,40). The lowest BCUT2D eigenvalue weighted by molar-refractivity contribution is 0.0919. The van der Waals surface area contributed by atoms with Gasteiger partial charge in [0.15, 0.2) is 0 Å². The molecular formula is C31H35ClN6O3. The average molecular weight is 575 g/mol. The van der Waals surface area contributed by atoms with Gasteiger partial charge in [-0.05, 0) is 81.7 Å². The number of β-amino-alcohol motifs (C(OH)–C–C–N with tert-alkyl or cyclic N) is 1. The monoisotopic (exact) mass is 574 g/mol. The number of pyridine rings is 2. The van der Waals surface area contributed by atoms with E-state index >= 15 is 0 Å². The van der Waals surface area contributed by atoms with E-state index in [1.54, 1.807) is 30.0 Å². The van der Waals surface area contributed by atoms with Crippen molar-refractivity contribution in [1.82, 2.24) is 24.4 Å². The number of nitrogens with one attached hydrogen (secondary N) is 1. The number of nitrogens with zero attached hydrogens (tertiary/aromatic N) is 5. The average Bonchev–Trinajstić information content (AvgIpc) is 3.26. The molecular weight excluding hydrogens is 540 g/mol. The number of piperidine rings is 1. The number of amides is 1. The summed E-state index contributed by atoms with van der Waals surface area (Å²) in [7, 11) is 0. The number of hydrogen-bond donors (Lipinski definition) is 2. The zero-order chi connectivity index (χ0) is 28.5. The Morgan fingerprint density at radius 1 is 1.05 bits per heavy atom. The molecule has 1 aromatic carbocycles. The first kappa shape index (κ1) is 27.5. The molecule has 9 nitrogen and oxygen atoms in total. The summed E-state index contributed by atoms with van der Waals surface area (Å²) in [6, 6.07) is 13.5. The third-order valence-corrected chi connectivity index (χ3v) is 8.67. The fourth-order valence-corrected chi connectivity index (χ4v) is 6.40. The van der Waals surface area contributed by atoms with E-state index in [1.807, 2.05) is 41.0 Å². The number of hydrogen-bond acceptors (Lipinski definition) is 6. The number of aliphatic hydroxyl groups is 1. The SMILES string of the molecule is Cc1ncc(Cl)cc1C(=O)NC1CCC(Cn2c(=O)n(-c3ccc(N4CCCC(O)C4)nc3)c3ccccc32)CC1. The highest BCUT2D eigenvalue weighted by Gasteiger charge is 2.26. The van der Waals surface area contributed by atoms with Crippen molar-refractivity contribution in [3.8, 4) is 5.69 Å². The van der Waals surface area contributed by atoms with Gasteiger partial charge in [-0.2, -0.15) is 0 Å². The van der Waals surface area contributed by atoms with Crippen molar-refractivity contribution in [3.63, 3.8) is 0 Å². The Morgan fingerprint density at radius 3 is 2.56 bits per heavy atom. The van der Waals surface area contributed by atoms with Crippen LogP contribution in [0.1, 0.15) is 54.6 Å². The number of aliphatic hydroxyl groups excluding tert-OH is 1. The number of rotatable bonds is 6. The van der Waals surface area contributed by atoms with Crippen LogP contribution in [0.2, 0.25) is 5.02 Å². The molecule has 0 radical (unpaired) electrons. The second-order valence-corrected chi connectivity index (χ2v) is 11.7. The fourth-order valence-electron chi connectivity index (χ4n) is 6.24. The third kappa shape index (κ3) is 5.74. The molecule has 1 atom stereocenters. The molecule has 2 fully saturated rings. The minimum Gasteiger partial charge on any atom is -0.391 e. The van der Waals surface area contributed by atoms with E-state index in [-0.39, 0.29) is 23.7 Å². The van der Waals surface area contributed by atoms with E-state index in [2.05, 4.69) is 20.2 Å². The molecule has 214 valence electrons. The first-order chi connectivity index (χ1) is 19.9. The van der Waals surface area contributed by atoms with E-state index in [0.717, 1.165) is 67.6 Å². The van der Waals surface area contributed by atoms with E-state index in [4.69, 9.17) is 11.6 Å². The second kappa shape index (κ2) is 11.7. The van der Waals surface area contributed by atoms with Gasteiger partial charge in [0.25, 0.3) is 5.91 Å². The van der Waals surface area contributed by atoms with Crippen LogP contribution in [-0.2, 0) is 6.54 Å². The Balaban J connectivity index is 1.16. The first-order valence-corrected chi connectivity index (χ1v) is 14.8. The number of fused-ring (bicyclic) bond motifs is 1. The van der Waals surface area contributed by atoms with Crippen molar-refractivity contribution in [2.24, 2.45) is 5.92 Å². The summed E-state index contributed by atoms with van der Waals surface area (Å²) in [5.41, 5.74) is 3.57. The summed E-state index contributed by atoms with van der Waals surface area (Å²) in [6.07, 6.45) is 8.27. The topological polar surface area (TPSA) is 105 Å². The van der Waals surface area contributed by atoms with Gasteiger partial charge in [0.2, 0.25) is 0 Å². The summed E-state index contributed by atoms with van der Waals surface area (Å²) in [5, 5.41) is 13.6. The minimum absolute atomic E-state index is 0.0755. The van der Waals surface area contributed by atoms with Gasteiger partial charge < -0.3 is 15.3 Å². The Labute approximate surface area is 243 Å². The molecule has 2 aliphatic rings. The quantitative estimate of drug-likeness (QED) is 0.351. The summed E-state index contributed by atoms with van der Waals surface area (Å²) < 4.78 is 3.62. The van der Waals surface area contributed by atoms with Crippen molar-refractivity contribution in [2.75, 3.05) is 18.0 Å². The maximum absolute atomic E-state index is 13.8. The van der Waals surface area contributed by atoms with E-state index in [1.165, 1.54) is 0 Å². The van der Waals surface area contributed by atoms with Crippen LogP contribution >= 0.6 is 11.6 Å². The lowest BCUT2D eigenvalue weighted by Crippen LogP contribution is -2.39. The van der Waals surface area contributed by atoms with Gasteiger partial charge in [-0.25, -0.2) is 9.78 Å². The van der Waals surface area contributed by atoms with Crippen LogP contribution in [0, 0.1) is 12.8 Å². The number of anilines is 1. The highest BCUT2D eigenvalue weighted by molar-refractivity contribution is 6.30. The Hall–Kier alpha value is -3.69. The van der Waals surface area contributed by atoms with Crippen LogP contribution in [0.5, 0.6) is 0 Å². The van der Waals surface area contributed by atoms with Crippen LogP contribution in [-0.4, -0.2) is 55.4 Å². The lowest BCUT2D eigenvalue weighted by atomic mass is 9.85. The summed E-state index contributed by atoms with van der Waals surface area (Å²) in [4.78, 5) is 37.6. The molecule has 2 N–H and O–H groups in total. The van der Waals surface area contributed by atoms with Crippen LogP contribution in [0.25, 0.3) is 16.7 Å². The van der Waals surface area contributed by atoms with Crippen molar-refractivity contribution in [2.45, 2.75) is 64.1 Å². The number of halogens is 1. The van der Waals surface area contributed by atoms with E-state index in [0.29, 0.717) is 35.3 Å². The molecule has 4 aromatic rings. The van der Waals surface area contributed by atoms with Gasteiger partial charge in [-0.3, -0.25) is 18.9 Å². The smallest absolute Gasteiger partial charge is 0.333 e. The number of benzene rings is 1. The Bertz CT molecular complexity index is 1610. The molecule has 1 amide bonds. The predicted octanol–water partition coefficient (Wildman–Crippen LogP) is 4.49. The Morgan fingerprint density at radius 2 is 1.83 bits per heavy atom. The molecule has 1 saturated carbocycles. The Kier molecular flexibility index (Phi) is 7.81. The number of aryl methyl sites for hydroxylation is 1. The maximum Gasteiger partial charge on any atom is 0.333 e. The predicted molar refractivity (Wildman–Crippen MR) is 160 cm³/mol. The molecule has 0 spiro atoms. The zero-order valence-electron chi connectivity index (χ0n) is 23.2. The van der Waals surface area contributed by atoms with Gasteiger partial charge in [-0.15, -0.1) is 0 Å². The number of imidazole rings is 1. The van der Waals surface area contributed by atoms with Crippen LogP contribution < -0.4 is 15.9 Å². The van der Waals surface area contributed by atoms with Crippen molar-refractivity contribution in [1.29, 1.82) is 0 Å². The molecule has 3 aromatic heterocycles. The maximum atomic E-state index is 13.8. The highest BCUT2D eigenvalue weighted by atomic mass is 35.5. The van der Waals surface area contributed by atoms with Crippen molar-refractivity contribution < 1.29 is 9.90 Å². The largest absolute Gasteiger partial charge is 0.391 e. The zero-order valence-corrected chi connectivity index (χ0v) is 23.9. The molecule has 10 heteroatoms. The van der Waals surface area contributed by atoms with Crippen LogP contribution in [0.4, 0.5) is 5.82 Å². The molecule has 1 saturated heterocycles. The van der Waals surface area contributed by atoms with Crippen LogP contribution in [0.3, 0.4) is 0 Å². The molecule has 1 aliphatic carbocycles. The van der Waals surface area contributed by atoms with Crippen molar-refractivity contribution >= 4 is 34.4 Å². The molecule has 0 bridgehead atoms. The van der Waals surface area contributed by atoms with Gasteiger partial charge in [0.1, 0.15) is 5.82 Å². The second-order valence-electron chi connectivity index (χ2n) is 11.3. The minimum atomic E-state index is -0.332. The summed E-state index contributed by atoms with van der Waals surface area (Å²) >= 11 is 6.05. The van der Waals surface area contributed by atoms with Crippen LogP contribution in [0.15, 0.2) is 59.7 Å². The highest BCUT2D eigenvalue weighted by Crippen LogP contribution is 2.28. The molecule has 1 aliphatic heterocycles. The lowest BCUT2D eigenvalue weighted by Gasteiger charge is -2.31. The number of para-hydroxylation sites is 2. The fraction of sp³-hybridized carbons (Fsp3) is 0.419. The van der Waals surface area contributed by atoms with Crippen molar-refractivity contribution in [3.05, 3.63) is 81.6 Å². The van der Waals surface area contributed by atoms with Gasteiger partial charge in [0, 0.05) is 31.9 Å². The normalized spacial score (nSPS) is 21.2. The number of aromatic nitrogens is 4. The number of carbonyl (C=O) groups excluding carboxylic acids is 1. The summed E-state index contributed by atoms with van der Waals surface area (Å²) in [5.74, 6) is 1.01. The number of carbonyl (C=O) groups is 1. The van der Waals surface area contributed by atoms with Gasteiger partial charge in [-0.1, -0.05) is 23.7 Å². The molecule has 41 heavy (non-hydrogen) atoms. The van der Waals surface area contributed by atoms with E-state index in [9.17, 15) is 14.7 Å². The van der Waals surface area contributed by atoms with Gasteiger partial charge >= 0.3 is 5.69 Å². The van der Waals surface area contributed by atoms with Gasteiger partial charge in [0.05, 0.1) is 45.3 Å².